The number of nitrogens with one attached hydrogen (secondary N) is 1. The molecule has 1 aliphatic heterocycles. The summed E-state index contributed by atoms with van der Waals surface area (Å²) in [6, 6.07) is 9.16. The molecular weight excluding hydrogens is 306 g/mol. The number of anilines is 1. The normalized spacial score (nSPS) is 15.5. The number of methoxy groups -OCH3 is 3. The highest BCUT2D eigenvalue weighted by atomic mass is 35.5. The topological polar surface area (TPSA) is 49.0 Å². The van der Waals surface area contributed by atoms with Crippen LogP contribution in [0.5, 0.6) is 23.0 Å². The fourth-order valence-corrected chi connectivity index (χ4v) is 2.59. The maximum atomic E-state index is 6.00. The Morgan fingerprint density at radius 3 is 2.27 bits per heavy atom. The van der Waals surface area contributed by atoms with E-state index >= 15 is 0 Å². The minimum absolute atomic E-state index is 0.345. The zero-order valence-corrected chi connectivity index (χ0v) is 13.2. The zero-order chi connectivity index (χ0) is 15.7. The van der Waals surface area contributed by atoms with Crippen LogP contribution in [0.15, 0.2) is 30.3 Å². The molecule has 0 bridgehead atoms. The van der Waals surface area contributed by atoms with Crippen molar-refractivity contribution in [1.29, 1.82) is 0 Å². The van der Waals surface area contributed by atoms with Gasteiger partial charge < -0.3 is 24.3 Å². The van der Waals surface area contributed by atoms with Crippen molar-refractivity contribution in [1.82, 2.24) is 0 Å². The standard InChI is InChI=1S/C16H16ClNO4/c1-19-13-6-9(7-14(20-2)15(13)21-3)16-18-11-8-10(17)4-5-12(11)22-16/h4-8,16,18H,1-3H3/t16-/m1/s1. The first-order valence-corrected chi connectivity index (χ1v) is 7.06. The van der Waals surface area contributed by atoms with Gasteiger partial charge in [0, 0.05) is 10.6 Å². The first kappa shape index (κ1) is 14.7. The number of fused-ring (bicyclic) bond motifs is 1. The lowest BCUT2D eigenvalue weighted by Gasteiger charge is -2.17. The molecule has 22 heavy (non-hydrogen) atoms. The molecule has 5 nitrogen and oxygen atoms in total. The van der Waals surface area contributed by atoms with Crippen LogP contribution in [-0.2, 0) is 0 Å². The zero-order valence-electron chi connectivity index (χ0n) is 12.5. The molecule has 0 aliphatic carbocycles. The van der Waals surface area contributed by atoms with Crippen molar-refractivity contribution in [3.63, 3.8) is 0 Å². The van der Waals surface area contributed by atoms with E-state index in [0.29, 0.717) is 22.3 Å². The van der Waals surface area contributed by atoms with Crippen molar-refractivity contribution in [2.24, 2.45) is 0 Å². The molecule has 1 aliphatic rings. The van der Waals surface area contributed by atoms with E-state index < -0.39 is 0 Å². The molecule has 0 amide bonds. The number of hydrogen-bond acceptors (Lipinski definition) is 5. The average Bonchev–Trinajstić information content (AvgIpc) is 2.96. The fraction of sp³-hybridized carbons (Fsp3) is 0.250. The highest BCUT2D eigenvalue weighted by Gasteiger charge is 2.26. The van der Waals surface area contributed by atoms with Gasteiger partial charge in [-0.3, -0.25) is 0 Å². The third-order valence-corrected chi connectivity index (χ3v) is 3.70. The molecule has 0 saturated heterocycles. The molecule has 3 rings (SSSR count). The fourth-order valence-electron chi connectivity index (χ4n) is 2.42. The van der Waals surface area contributed by atoms with Gasteiger partial charge in [0.15, 0.2) is 17.7 Å². The summed E-state index contributed by atoms with van der Waals surface area (Å²) in [6.07, 6.45) is -0.345. The first-order valence-electron chi connectivity index (χ1n) is 6.69. The predicted molar refractivity (Wildman–Crippen MR) is 84.5 cm³/mol. The van der Waals surface area contributed by atoms with Gasteiger partial charge in [-0.1, -0.05) is 11.6 Å². The monoisotopic (exact) mass is 321 g/mol. The van der Waals surface area contributed by atoms with Crippen LogP contribution >= 0.6 is 11.6 Å². The summed E-state index contributed by atoms with van der Waals surface area (Å²) < 4.78 is 22.0. The predicted octanol–water partition coefficient (Wildman–Crippen LogP) is 3.87. The Kier molecular flexibility index (Phi) is 3.90. The Hall–Kier alpha value is -2.27. The van der Waals surface area contributed by atoms with E-state index in [1.807, 2.05) is 24.3 Å². The molecule has 2 aromatic carbocycles. The maximum Gasteiger partial charge on any atom is 0.203 e. The van der Waals surface area contributed by atoms with Crippen molar-refractivity contribution < 1.29 is 18.9 Å². The van der Waals surface area contributed by atoms with Crippen LogP contribution in [0.2, 0.25) is 5.02 Å². The van der Waals surface area contributed by atoms with Crippen molar-refractivity contribution in [2.45, 2.75) is 6.23 Å². The molecule has 0 unspecified atom stereocenters. The van der Waals surface area contributed by atoms with Crippen LogP contribution in [0, 0.1) is 0 Å². The van der Waals surface area contributed by atoms with Gasteiger partial charge in [0.1, 0.15) is 5.75 Å². The van der Waals surface area contributed by atoms with Crippen LogP contribution in [0.4, 0.5) is 5.69 Å². The van der Waals surface area contributed by atoms with E-state index in [-0.39, 0.29) is 6.23 Å². The van der Waals surface area contributed by atoms with Gasteiger partial charge in [-0.05, 0) is 30.3 Å². The summed E-state index contributed by atoms with van der Waals surface area (Å²) in [5.74, 6) is 2.46. The Labute approximate surface area is 133 Å². The smallest absolute Gasteiger partial charge is 0.203 e. The molecule has 1 atom stereocenters. The summed E-state index contributed by atoms with van der Waals surface area (Å²) in [5, 5.41) is 3.93. The van der Waals surface area contributed by atoms with Crippen LogP contribution in [0.3, 0.4) is 0 Å². The molecule has 1 N–H and O–H groups in total. The lowest BCUT2D eigenvalue weighted by Crippen LogP contribution is -2.11. The van der Waals surface area contributed by atoms with Gasteiger partial charge in [-0.25, -0.2) is 0 Å². The van der Waals surface area contributed by atoms with Crippen LogP contribution < -0.4 is 24.3 Å². The Morgan fingerprint density at radius 1 is 1.00 bits per heavy atom. The van der Waals surface area contributed by atoms with E-state index in [4.69, 9.17) is 30.5 Å². The SMILES string of the molecule is COc1cc([C@@H]2Nc3cc(Cl)ccc3O2)cc(OC)c1OC. The number of rotatable bonds is 4. The summed E-state index contributed by atoms with van der Waals surface area (Å²) in [5.41, 5.74) is 1.72. The van der Waals surface area contributed by atoms with Crippen LogP contribution in [0.25, 0.3) is 0 Å². The van der Waals surface area contributed by atoms with Crippen molar-refractivity contribution >= 4 is 17.3 Å². The van der Waals surface area contributed by atoms with Gasteiger partial charge in [0.25, 0.3) is 0 Å². The van der Waals surface area contributed by atoms with Gasteiger partial charge in [-0.15, -0.1) is 0 Å². The van der Waals surface area contributed by atoms with Gasteiger partial charge in [-0.2, -0.15) is 0 Å². The molecule has 0 fully saturated rings. The van der Waals surface area contributed by atoms with Crippen molar-refractivity contribution in [2.75, 3.05) is 26.6 Å². The highest BCUT2D eigenvalue weighted by Crippen LogP contribution is 2.44. The summed E-state index contributed by atoms with van der Waals surface area (Å²) in [7, 11) is 4.74. The average molecular weight is 322 g/mol. The van der Waals surface area contributed by atoms with Gasteiger partial charge >= 0.3 is 0 Å². The number of ether oxygens (including phenoxy) is 4. The molecule has 2 aromatic rings. The second-order valence-corrected chi connectivity index (χ2v) is 5.18. The molecule has 1 heterocycles. The number of halogens is 1. The minimum Gasteiger partial charge on any atom is -0.493 e. The molecule has 0 radical (unpaired) electrons. The molecule has 0 aromatic heterocycles. The maximum absolute atomic E-state index is 6.00. The lowest BCUT2D eigenvalue weighted by atomic mass is 10.1. The third kappa shape index (κ3) is 2.48. The van der Waals surface area contributed by atoms with Crippen molar-refractivity contribution in [3.8, 4) is 23.0 Å². The van der Waals surface area contributed by atoms with Crippen molar-refractivity contribution in [3.05, 3.63) is 40.9 Å². The van der Waals surface area contributed by atoms with Gasteiger partial charge in [0.2, 0.25) is 5.75 Å². The molecular formula is C16H16ClNO4. The second-order valence-electron chi connectivity index (χ2n) is 4.74. The second kappa shape index (κ2) is 5.85. The van der Waals surface area contributed by atoms with E-state index in [9.17, 15) is 0 Å². The molecule has 0 spiro atoms. The van der Waals surface area contributed by atoms with E-state index in [2.05, 4.69) is 5.32 Å². The van der Waals surface area contributed by atoms with E-state index in [1.54, 1.807) is 27.4 Å². The largest absolute Gasteiger partial charge is 0.493 e. The Morgan fingerprint density at radius 2 is 1.68 bits per heavy atom. The lowest BCUT2D eigenvalue weighted by molar-refractivity contribution is 0.256. The van der Waals surface area contributed by atoms with E-state index in [1.165, 1.54) is 0 Å². The van der Waals surface area contributed by atoms with Gasteiger partial charge in [0.05, 0.1) is 27.0 Å². The summed E-state index contributed by atoms with van der Waals surface area (Å²) >= 11 is 6.00. The first-order chi connectivity index (χ1) is 10.7. The van der Waals surface area contributed by atoms with E-state index in [0.717, 1.165) is 17.0 Å². The summed E-state index contributed by atoms with van der Waals surface area (Å²) in [4.78, 5) is 0. The third-order valence-electron chi connectivity index (χ3n) is 3.46. The molecule has 116 valence electrons. The number of hydrogen-bond donors (Lipinski definition) is 1. The summed E-state index contributed by atoms with van der Waals surface area (Å²) in [6.45, 7) is 0. The molecule has 0 saturated carbocycles. The minimum atomic E-state index is -0.345. The van der Waals surface area contributed by atoms with Crippen LogP contribution in [-0.4, -0.2) is 21.3 Å². The molecule has 6 heteroatoms. The highest BCUT2D eigenvalue weighted by molar-refractivity contribution is 6.30. The quantitative estimate of drug-likeness (QED) is 0.926. The van der Waals surface area contributed by atoms with Crippen LogP contribution in [0.1, 0.15) is 11.8 Å². The number of benzene rings is 2. The Balaban J connectivity index is 1.97. The Bertz CT molecular complexity index is 680.